The molecule has 1 aliphatic heterocycles. The van der Waals surface area contributed by atoms with Crippen molar-refractivity contribution < 1.29 is 28.6 Å². The van der Waals surface area contributed by atoms with E-state index in [4.69, 9.17) is 9.47 Å². The first kappa shape index (κ1) is 29.2. The Kier molecular flexibility index (Phi) is 7.76. The molecular formula is C32H35FN4O5. The second kappa shape index (κ2) is 11.2. The van der Waals surface area contributed by atoms with Crippen LogP contribution >= 0.6 is 0 Å². The number of fused-ring (bicyclic) bond motifs is 2. The van der Waals surface area contributed by atoms with Gasteiger partial charge in [-0.25, -0.2) is 18.7 Å². The molecule has 0 unspecified atom stereocenters. The van der Waals surface area contributed by atoms with E-state index in [-0.39, 0.29) is 17.0 Å². The Morgan fingerprint density at radius 1 is 1.19 bits per heavy atom. The van der Waals surface area contributed by atoms with Crippen molar-refractivity contribution in [3.63, 3.8) is 0 Å². The van der Waals surface area contributed by atoms with Gasteiger partial charge < -0.3 is 19.9 Å². The fourth-order valence-corrected chi connectivity index (χ4v) is 5.40. The Bertz CT molecular complexity index is 1710. The zero-order valence-corrected chi connectivity index (χ0v) is 24.7. The second-order valence-electron chi connectivity index (χ2n) is 11.7. The number of rotatable bonds is 7. The summed E-state index contributed by atoms with van der Waals surface area (Å²) in [5, 5.41) is 17.8. The lowest BCUT2D eigenvalue weighted by Crippen LogP contribution is -2.29. The highest BCUT2D eigenvalue weighted by Gasteiger charge is 2.35. The van der Waals surface area contributed by atoms with Gasteiger partial charge in [-0.1, -0.05) is 29.8 Å². The van der Waals surface area contributed by atoms with E-state index in [1.807, 2.05) is 38.1 Å². The van der Waals surface area contributed by atoms with Crippen LogP contribution in [0.3, 0.4) is 0 Å². The summed E-state index contributed by atoms with van der Waals surface area (Å²) in [6.45, 7) is 11.5. The van der Waals surface area contributed by atoms with Gasteiger partial charge in [0.25, 0.3) is 5.91 Å². The van der Waals surface area contributed by atoms with Gasteiger partial charge in [-0.2, -0.15) is 5.10 Å². The first-order valence-corrected chi connectivity index (χ1v) is 13.9. The predicted octanol–water partition coefficient (Wildman–Crippen LogP) is 5.66. The maximum atomic E-state index is 15.5. The molecule has 42 heavy (non-hydrogen) atoms. The SMILES string of the molecule is Cc1cccc(CNC(=O)c2cc3nc(C)c([C@H](OC(C)(C)C)C(=O)O)c(-c4cc(F)c5c(c4C)CCCO5)n3n2)c1. The topological polar surface area (TPSA) is 115 Å². The largest absolute Gasteiger partial charge is 0.490 e. The summed E-state index contributed by atoms with van der Waals surface area (Å²) in [6.07, 6.45) is -0.0951. The number of halogens is 1. The standard InChI is InChI=1S/C32H35FN4O5/c1-17-9-7-10-20(13-17)16-34-30(38)24-15-25-35-19(3)26(29(31(39)40)42-32(4,5)6)27(37(25)36-24)22-14-23(33)28-21(18(22)2)11-8-12-41-28/h7,9-10,13-15,29H,8,11-12,16H2,1-6H3,(H,34,38)(H,39,40)/t29-/m0/s1. The van der Waals surface area contributed by atoms with Crippen molar-refractivity contribution in [1.29, 1.82) is 0 Å². The number of hydrogen-bond donors (Lipinski definition) is 2. The molecule has 10 heteroatoms. The third-order valence-corrected chi connectivity index (χ3v) is 7.25. The number of amides is 1. The molecule has 0 saturated heterocycles. The number of aliphatic carboxylic acids is 1. The normalized spacial score (nSPS) is 13.9. The number of aromatic nitrogens is 3. The molecule has 1 amide bonds. The van der Waals surface area contributed by atoms with Crippen molar-refractivity contribution in [1.82, 2.24) is 19.9 Å². The van der Waals surface area contributed by atoms with Gasteiger partial charge in [-0.3, -0.25) is 4.79 Å². The minimum Gasteiger partial charge on any atom is -0.490 e. The van der Waals surface area contributed by atoms with E-state index in [9.17, 15) is 14.7 Å². The average Bonchev–Trinajstić information content (AvgIpc) is 3.35. The van der Waals surface area contributed by atoms with Crippen molar-refractivity contribution in [2.75, 3.05) is 6.61 Å². The molecule has 0 fully saturated rings. The van der Waals surface area contributed by atoms with E-state index in [1.54, 1.807) is 33.8 Å². The van der Waals surface area contributed by atoms with Crippen LogP contribution < -0.4 is 10.1 Å². The molecule has 1 aliphatic rings. The lowest BCUT2D eigenvalue weighted by molar-refractivity contribution is -0.160. The van der Waals surface area contributed by atoms with Crippen molar-refractivity contribution in [2.45, 2.75) is 72.6 Å². The number of ether oxygens (including phenoxy) is 2. The van der Waals surface area contributed by atoms with Crippen LogP contribution in [-0.4, -0.2) is 43.8 Å². The molecule has 0 aliphatic carbocycles. The van der Waals surface area contributed by atoms with Crippen LogP contribution in [0.25, 0.3) is 16.9 Å². The van der Waals surface area contributed by atoms with E-state index in [0.29, 0.717) is 42.2 Å². The fourth-order valence-electron chi connectivity index (χ4n) is 5.40. The quantitative estimate of drug-likeness (QED) is 0.293. The van der Waals surface area contributed by atoms with Crippen LogP contribution in [0.15, 0.2) is 36.4 Å². The Labute approximate surface area is 243 Å². The van der Waals surface area contributed by atoms with E-state index in [1.165, 1.54) is 10.6 Å². The number of hydrogen-bond acceptors (Lipinski definition) is 6. The number of benzene rings is 2. The molecule has 0 spiro atoms. The smallest absolute Gasteiger partial charge is 0.337 e. The van der Waals surface area contributed by atoms with Gasteiger partial charge in [0.05, 0.1) is 17.9 Å². The molecule has 2 aromatic heterocycles. The van der Waals surface area contributed by atoms with Crippen molar-refractivity contribution >= 4 is 17.5 Å². The van der Waals surface area contributed by atoms with Gasteiger partial charge >= 0.3 is 5.97 Å². The average molecular weight is 575 g/mol. The van der Waals surface area contributed by atoms with E-state index in [0.717, 1.165) is 28.7 Å². The minimum absolute atomic E-state index is 0.0935. The second-order valence-corrected chi connectivity index (χ2v) is 11.7. The number of carboxylic acid groups (broad SMARTS) is 1. The van der Waals surface area contributed by atoms with E-state index in [2.05, 4.69) is 15.4 Å². The number of carbonyl (C=O) groups is 2. The van der Waals surface area contributed by atoms with Gasteiger partial charge in [0.15, 0.2) is 29.0 Å². The molecule has 220 valence electrons. The van der Waals surface area contributed by atoms with Crippen molar-refractivity contribution in [3.8, 4) is 17.0 Å². The molecule has 0 bridgehead atoms. The summed E-state index contributed by atoms with van der Waals surface area (Å²) in [6, 6.07) is 10.7. The molecule has 3 heterocycles. The first-order valence-electron chi connectivity index (χ1n) is 13.9. The third-order valence-electron chi connectivity index (χ3n) is 7.25. The molecule has 0 saturated carbocycles. The minimum atomic E-state index is -1.44. The summed E-state index contributed by atoms with van der Waals surface area (Å²) < 4.78 is 28.6. The molecule has 1 atom stereocenters. The highest BCUT2D eigenvalue weighted by atomic mass is 19.1. The van der Waals surface area contributed by atoms with Crippen LogP contribution in [-0.2, 0) is 22.5 Å². The summed E-state index contributed by atoms with van der Waals surface area (Å²) in [5.74, 6) is -1.98. The third kappa shape index (κ3) is 5.72. The Morgan fingerprint density at radius 2 is 1.95 bits per heavy atom. The summed E-state index contributed by atoms with van der Waals surface area (Å²) in [4.78, 5) is 30.5. The number of nitrogens with one attached hydrogen (secondary N) is 1. The summed E-state index contributed by atoms with van der Waals surface area (Å²) in [7, 11) is 0. The van der Waals surface area contributed by atoms with Crippen molar-refractivity contribution in [2.24, 2.45) is 0 Å². The maximum Gasteiger partial charge on any atom is 0.337 e. The van der Waals surface area contributed by atoms with Crippen LogP contribution in [0.4, 0.5) is 4.39 Å². The number of nitrogens with zero attached hydrogens (tertiary/aromatic N) is 3. The summed E-state index contributed by atoms with van der Waals surface area (Å²) in [5.41, 5.74) is 4.40. The Hall–Kier alpha value is -4.31. The molecule has 4 aromatic rings. The number of carbonyl (C=O) groups excluding carboxylic acids is 1. The van der Waals surface area contributed by atoms with Crippen molar-refractivity contribution in [3.05, 3.63) is 81.4 Å². The predicted molar refractivity (Wildman–Crippen MR) is 155 cm³/mol. The van der Waals surface area contributed by atoms with Crippen LogP contribution in [0, 0.1) is 26.6 Å². The summed E-state index contributed by atoms with van der Waals surface area (Å²) >= 11 is 0. The van der Waals surface area contributed by atoms with E-state index >= 15 is 4.39 Å². The molecule has 2 aromatic carbocycles. The lowest BCUT2D eigenvalue weighted by atomic mass is 9.91. The van der Waals surface area contributed by atoms with Crippen LogP contribution in [0.1, 0.15) is 77.3 Å². The van der Waals surface area contributed by atoms with Crippen LogP contribution in [0.2, 0.25) is 0 Å². The molecule has 5 rings (SSSR count). The van der Waals surface area contributed by atoms with Gasteiger partial charge in [0.2, 0.25) is 0 Å². The van der Waals surface area contributed by atoms with E-state index < -0.39 is 29.4 Å². The highest BCUT2D eigenvalue weighted by Crippen LogP contribution is 2.41. The molecule has 0 radical (unpaired) electrons. The number of carboxylic acids is 1. The fraction of sp³-hybridized carbons (Fsp3) is 0.375. The first-order chi connectivity index (χ1) is 19.8. The van der Waals surface area contributed by atoms with Crippen LogP contribution in [0.5, 0.6) is 5.75 Å². The van der Waals surface area contributed by atoms with Gasteiger partial charge in [-0.05, 0) is 71.6 Å². The van der Waals surface area contributed by atoms with Gasteiger partial charge in [-0.15, -0.1) is 0 Å². The van der Waals surface area contributed by atoms with Gasteiger partial charge in [0.1, 0.15) is 0 Å². The zero-order chi connectivity index (χ0) is 30.3. The Morgan fingerprint density at radius 3 is 2.64 bits per heavy atom. The lowest BCUT2D eigenvalue weighted by Gasteiger charge is -2.28. The molecule has 9 nitrogen and oxygen atoms in total. The maximum absolute atomic E-state index is 15.5. The molecular weight excluding hydrogens is 539 g/mol. The zero-order valence-electron chi connectivity index (χ0n) is 24.7. The number of aryl methyl sites for hydroxylation is 2. The Balaban J connectivity index is 1.70. The van der Waals surface area contributed by atoms with Gasteiger partial charge in [0, 0.05) is 35.0 Å². The monoisotopic (exact) mass is 574 g/mol. The molecule has 2 N–H and O–H groups in total. The highest BCUT2D eigenvalue weighted by molar-refractivity contribution is 5.93.